The zero-order valence-electron chi connectivity index (χ0n) is 15.3. The van der Waals surface area contributed by atoms with Crippen molar-refractivity contribution in [1.29, 1.82) is 0 Å². The summed E-state index contributed by atoms with van der Waals surface area (Å²) in [7, 11) is 1.65. The quantitative estimate of drug-likeness (QED) is 0.392. The van der Waals surface area contributed by atoms with Crippen molar-refractivity contribution in [3.63, 3.8) is 0 Å². The van der Waals surface area contributed by atoms with Gasteiger partial charge in [-0.15, -0.1) is 24.0 Å². The average molecular weight is 481 g/mol. The smallest absolute Gasteiger partial charge is 0.239 e. The molecule has 0 unspecified atom stereocenters. The second-order valence-electron chi connectivity index (χ2n) is 6.19. The fraction of sp³-hybridized carbons (Fsp3) is 0.529. The molecule has 2 rings (SSSR count). The highest BCUT2D eigenvalue weighted by Crippen LogP contribution is 2.21. The lowest BCUT2D eigenvalue weighted by atomic mass is 10.2. The minimum absolute atomic E-state index is 0. The lowest BCUT2D eigenvalue weighted by Gasteiger charge is -2.37. The molecule has 9 heteroatoms. The maximum atomic E-state index is 13.9. The number of guanidine groups is 1. The molecule has 26 heavy (non-hydrogen) atoms. The Morgan fingerprint density at radius 1 is 1.23 bits per heavy atom. The van der Waals surface area contributed by atoms with Gasteiger partial charge in [0, 0.05) is 45.3 Å². The molecular formula is C17H26F2IN5O. The minimum atomic E-state index is -0.451. The number of nitrogens with zero attached hydrogens (tertiary/aromatic N) is 3. The third kappa shape index (κ3) is 6.26. The van der Waals surface area contributed by atoms with E-state index in [2.05, 4.69) is 15.6 Å². The van der Waals surface area contributed by atoms with E-state index in [-0.39, 0.29) is 48.2 Å². The van der Waals surface area contributed by atoms with Crippen LogP contribution in [0.2, 0.25) is 0 Å². The summed E-state index contributed by atoms with van der Waals surface area (Å²) in [6.07, 6.45) is 0. The van der Waals surface area contributed by atoms with E-state index in [1.165, 1.54) is 6.07 Å². The number of aliphatic imine (C=N–C) groups is 1. The molecule has 1 fully saturated rings. The van der Waals surface area contributed by atoms with E-state index in [1.807, 2.05) is 23.6 Å². The topological polar surface area (TPSA) is 60.0 Å². The first-order valence-electron chi connectivity index (χ1n) is 8.35. The van der Waals surface area contributed by atoms with Gasteiger partial charge in [-0.2, -0.15) is 0 Å². The Labute approximate surface area is 170 Å². The van der Waals surface area contributed by atoms with Gasteiger partial charge in [-0.1, -0.05) is 0 Å². The predicted molar refractivity (Wildman–Crippen MR) is 110 cm³/mol. The molecule has 6 nitrogen and oxygen atoms in total. The van der Waals surface area contributed by atoms with Crippen molar-refractivity contribution in [3.8, 4) is 0 Å². The van der Waals surface area contributed by atoms with Gasteiger partial charge >= 0.3 is 0 Å². The summed E-state index contributed by atoms with van der Waals surface area (Å²) in [5.74, 6) is -0.356. The summed E-state index contributed by atoms with van der Waals surface area (Å²) in [5, 5.41) is 5.84. The van der Waals surface area contributed by atoms with E-state index in [1.54, 1.807) is 7.05 Å². The van der Waals surface area contributed by atoms with Crippen LogP contribution in [-0.4, -0.2) is 62.6 Å². The number of halogens is 3. The molecule has 0 aromatic heterocycles. The van der Waals surface area contributed by atoms with Crippen LogP contribution in [0.25, 0.3) is 0 Å². The van der Waals surface area contributed by atoms with E-state index in [0.29, 0.717) is 32.1 Å². The summed E-state index contributed by atoms with van der Waals surface area (Å²) < 4.78 is 27.2. The van der Waals surface area contributed by atoms with E-state index in [9.17, 15) is 13.6 Å². The van der Waals surface area contributed by atoms with Crippen molar-refractivity contribution in [3.05, 3.63) is 29.8 Å². The summed E-state index contributed by atoms with van der Waals surface area (Å²) >= 11 is 0. The van der Waals surface area contributed by atoms with Gasteiger partial charge in [-0.25, -0.2) is 8.78 Å². The van der Waals surface area contributed by atoms with Gasteiger partial charge in [0.1, 0.15) is 11.6 Å². The first-order valence-corrected chi connectivity index (χ1v) is 8.35. The molecule has 1 amide bonds. The molecule has 146 valence electrons. The number of carbonyl (C=O) groups excluding carboxylic acids is 1. The zero-order valence-corrected chi connectivity index (χ0v) is 17.6. The first-order chi connectivity index (χ1) is 11.9. The zero-order chi connectivity index (χ0) is 18.4. The van der Waals surface area contributed by atoms with Crippen LogP contribution >= 0.6 is 24.0 Å². The standard InChI is InChI=1S/C17H25F2N5O.HI/c1-12(2)22-16(25)11-21-17(20-3)24-8-6-23(7-9-24)15-10-13(18)4-5-14(15)19;/h4-5,10,12H,6-9,11H2,1-3H3,(H,20,21)(H,22,25);1H. The number of amides is 1. The van der Waals surface area contributed by atoms with Crippen molar-refractivity contribution in [2.75, 3.05) is 44.7 Å². The van der Waals surface area contributed by atoms with Crippen molar-refractivity contribution in [1.82, 2.24) is 15.5 Å². The van der Waals surface area contributed by atoms with Crippen molar-refractivity contribution < 1.29 is 13.6 Å². The largest absolute Gasteiger partial charge is 0.366 e. The molecule has 1 heterocycles. The Hall–Kier alpha value is -1.65. The summed E-state index contributed by atoms with van der Waals surface area (Å²) in [5.41, 5.74) is 0.277. The number of hydrogen-bond donors (Lipinski definition) is 2. The molecule has 1 aromatic carbocycles. The second kappa shape index (κ2) is 10.5. The molecule has 1 aliphatic rings. The number of hydrogen-bond acceptors (Lipinski definition) is 3. The Bertz CT molecular complexity index is 634. The van der Waals surface area contributed by atoms with Crippen LogP contribution in [0.1, 0.15) is 13.8 Å². The fourth-order valence-corrected chi connectivity index (χ4v) is 2.75. The SMILES string of the molecule is CN=C(NCC(=O)NC(C)C)N1CCN(c2cc(F)ccc2F)CC1.I. The summed E-state index contributed by atoms with van der Waals surface area (Å²) in [6.45, 7) is 6.22. The van der Waals surface area contributed by atoms with Gasteiger partial charge in [0.05, 0.1) is 12.2 Å². The molecule has 1 saturated heterocycles. The summed E-state index contributed by atoms with van der Waals surface area (Å²) in [6, 6.07) is 3.56. The molecule has 0 bridgehead atoms. The van der Waals surface area contributed by atoms with Crippen molar-refractivity contribution in [2.24, 2.45) is 4.99 Å². The first kappa shape index (κ1) is 22.4. The van der Waals surface area contributed by atoms with Crippen LogP contribution in [0.5, 0.6) is 0 Å². The fourth-order valence-electron chi connectivity index (χ4n) is 2.75. The molecule has 0 saturated carbocycles. The van der Waals surface area contributed by atoms with Crippen LogP contribution in [0.3, 0.4) is 0 Å². The van der Waals surface area contributed by atoms with Crippen molar-refractivity contribution in [2.45, 2.75) is 19.9 Å². The number of rotatable bonds is 4. The number of piperazine rings is 1. The van der Waals surface area contributed by atoms with E-state index < -0.39 is 11.6 Å². The maximum absolute atomic E-state index is 13.9. The van der Waals surface area contributed by atoms with Crippen LogP contribution in [0, 0.1) is 11.6 Å². The number of nitrogens with one attached hydrogen (secondary N) is 2. The predicted octanol–water partition coefficient (Wildman–Crippen LogP) is 1.80. The van der Waals surface area contributed by atoms with Gasteiger partial charge < -0.3 is 20.4 Å². The summed E-state index contributed by atoms with van der Waals surface area (Å²) in [4.78, 5) is 19.7. The third-order valence-electron chi connectivity index (χ3n) is 3.90. The van der Waals surface area contributed by atoms with E-state index in [4.69, 9.17) is 0 Å². The lowest BCUT2D eigenvalue weighted by molar-refractivity contribution is -0.120. The molecule has 0 atom stereocenters. The highest BCUT2D eigenvalue weighted by atomic mass is 127. The van der Waals surface area contributed by atoms with Gasteiger partial charge in [-0.05, 0) is 26.0 Å². The molecular weight excluding hydrogens is 455 g/mol. The van der Waals surface area contributed by atoms with Gasteiger partial charge in [0.15, 0.2) is 5.96 Å². The molecule has 1 aliphatic heterocycles. The molecule has 0 radical (unpaired) electrons. The normalized spacial score (nSPS) is 14.9. The molecule has 0 spiro atoms. The van der Waals surface area contributed by atoms with E-state index in [0.717, 1.165) is 12.1 Å². The van der Waals surface area contributed by atoms with E-state index >= 15 is 0 Å². The Balaban J connectivity index is 0.00000338. The molecule has 0 aliphatic carbocycles. The third-order valence-corrected chi connectivity index (χ3v) is 3.90. The van der Waals surface area contributed by atoms with Crippen LogP contribution < -0.4 is 15.5 Å². The monoisotopic (exact) mass is 481 g/mol. The van der Waals surface area contributed by atoms with Crippen molar-refractivity contribution >= 4 is 41.5 Å². The van der Waals surface area contributed by atoms with Gasteiger partial charge in [0.2, 0.25) is 5.91 Å². The minimum Gasteiger partial charge on any atom is -0.366 e. The molecule has 2 N–H and O–H groups in total. The number of benzene rings is 1. The molecule has 1 aromatic rings. The van der Waals surface area contributed by atoms with Gasteiger partial charge in [0.25, 0.3) is 0 Å². The Morgan fingerprint density at radius 3 is 2.46 bits per heavy atom. The number of carbonyl (C=O) groups is 1. The Morgan fingerprint density at radius 2 is 1.88 bits per heavy atom. The van der Waals surface area contributed by atoms with Gasteiger partial charge in [-0.3, -0.25) is 9.79 Å². The lowest BCUT2D eigenvalue weighted by Crippen LogP contribution is -2.54. The van der Waals surface area contributed by atoms with Crippen LogP contribution in [0.15, 0.2) is 23.2 Å². The maximum Gasteiger partial charge on any atom is 0.239 e. The number of anilines is 1. The van der Waals surface area contributed by atoms with Crippen LogP contribution in [-0.2, 0) is 4.79 Å². The Kier molecular flexibility index (Phi) is 9.03. The van der Waals surface area contributed by atoms with Crippen LogP contribution in [0.4, 0.5) is 14.5 Å². The average Bonchev–Trinajstić information content (AvgIpc) is 2.57. The highest BCUT2D eigenvalue weighted by Gasteiger charge is 2.22. The second-order valence-corrected chi connectivity index (χ2v) is 6.19. The highest BCUT2D eigenvalue weighted by molar-refractivity contribution is 14.0.